The lowest BCUT2D eigenvalue weighted by Gasteiger charge is -2.06. The average molecular weight is 329 g/mol. The second-order valence-electron chi connectivity index (χ2n) is 5.23. The topological polar surface area (TPSA) is 12.9 Å². The highest BCUT2D eigenvalue weighted by atomic mass is 32.1. The van der Waals surface area contributed by atoms with Crippen molar-refractivity contribution in [2.24, 2.45) is 0 Å². The molecule has 5 heteroatoms. The Balaban J connectivity index is 1.84. The van der Waals surface area contributed by atoms with E-state index >= 15 is 0 Å². The summed E-state index contributed by atoms with van der Waals surface area (Å²) in [6, 6.07) is 17.1. The SMILES string of the molecule is FC(F)(F)c1ccc(-c2nc3ccc4ccccc4c3s2)cc1. The van der Waals surface area contributed by atoms with Crippen LogP contribution in [-0.2, 0) is 6.18 Å². The first kappa shape index (κ1) is 14.2. The average Bonchev–Trinajstić information content (AvgIpc) is 2.99. The number of nitrogens with zero attached hydrogens (tertiary/aromatic N) is 1. The number of halogens is 3. The van der Waals surface area contributed by atoms with Gasteiger partial charge in [0.15, 0.2) is 0 Å². The molecule has 0 saturated carbocycles. The molecule has 0 aliphatic carbocycles. The van der Waals surface area contributed by atoms with Crippen LogP contribution in [0.1, 0.15) is 5.56 Å². The van der Waals surface area contributed by atoms with Crippen LogP contribution in [0.15, 0.2) is 60.7 Å². The highest BCUT2D eigenvalue weighted by Crippen LogP contribution is 2.36. The zero-order valence-corrected chi connectivity index (χ0v) is 12.6. The summed E-state index contributed by atoms with van der Waals surface area (Å²) < 4.78 is 39.0. The Morgan fingerprint density at radius 2 is 1.57 bits per heavy atom. The van der Waals surface area contributed by atoms with E-state index in [1.807, 2.05) is 36.4 Å². The molecule has 3 aromatic carbocycles. The van der Waals surface area contributed by atoms with E-state index in [9.17, 15) is 13.2 Å². The lowest BCUT2D eigenvalue weighted by molar-refractivity contribution is -0.137. The van der Waals surface area contributed by atoms with E-state index in [0.29, 0.717) is 5.56 Å². The Labute approximate surface area is 134 Å². The highest BCUT2D eigenvalue weighted by molar-refractivity contribution is 7.22. The molecule has 0 aliphatic rings. The normalized spacial score (nSPS) is 12.1. The minimum absolute atomic E-state index is 0.646. The predicted octanol–water partition coefficient (Wildman–Crippen LogP) is 6.14. The van der Waals surface area contributed by atoms with Crippen molar-refractivity contribution in [3.63, 3.8) is 0 Å². The molecule has 0 saturated heterocycles. The minimum atomic E-state index is -4.32. The van der Waals surface area contributed by atoms with Gasteiger partial charge in [-0.3, -0.25) is 0 Å². The van der Waals surface area contributed by atoms with Crippen molar-refractivity contribution in [3.8, 4) is 10.6 Å². The van der Waals surface area contributed by atoms with Gasteiger partial charge in [-0.25, -0.2) is 4.98 Å². The van der Waals surface area contributed by atoms with Gasteiger partial charge in [-0.2, -0.15) is 13.2 Å². The van der Waals surface area contributed by atoms with Gasteiger partial charge in [-0.05, 0) is 23.6 Å². The summed E-state index contributed by atoms with van der Waals surface area (Å²) in [7, 11) is 0. The van der Waals surface area contributed by atoms with Crippen LogP contribution < -0.4 is 0 Å². The predicted molar refractivity (Wildman–Crippen MR) is 87.6 cm³/mol. The summed E-state index contributed by atoms with van der Waals surface area (Å²) in [5, 5.41) is 2.97. The highest BCUT2D eigenvalue weighted by Gasteiger charge is 2.30. The molecule has 0 atom stereocenters. The molecular formula is C18H10F3NS. The smallest absolute Gasteiger partial charge is 0.236 e. The van der Waals surface area contributed by atoms with E-state index < -0.39 is 11.7 Å². The second-order valence-corrected chi connectivity index (χ2v) is 6.23. The number of benzene rings is 3. The number of rotatable bonds is 1. The third-order valence-corrected chi connectivity index (χ3v) is 4.89. The molecule has 1 heterocycles. The third kappa shape index (κ3) is 2.47. The van der Waals surface area contributed by atoms with Crippen molar-refractivity contribution in [2.45, 2.75) is 6.18 Å². The van der Waals surface area contributed by atoms with Crippen LogP contribution in [-0.4, -0.2) is 4.98 Å². The van der Waals surface area contributed by atoms with Gasteiger partial charge in [0.2, 0.25) is 0 Å². The van der Waals surface area contributed by atoms with Crippen LogP contribution in [0.4, 0.5) is 13.2 Å². The molecule has 0 bridgehead atoms. The lowest BCUT2D eigenvalue weighted by Crippen LogP contribution is -2.03. The number of thiazole rings is 1. The fourth-order valence-electron chi connectivity index (χ4n) is 2.58. The number of alkyl halides is 3. The van der Waals surface area contributed by atoms with Crippen LogP contribution in [0.3, 0.4) is 0 Å². The standard InChI is InChI=1S/C18H10F3NS/c19-18(20,21)13-8-5-12(6-9-13)17-22-15-10-7-11-3-1-2-4-14(11)16(15)23-17/h1-10H. The third-order valence-electron chi connectivity index (χ3n) is 3.74. The van der Waals surface area contributed by atoms with Crippen molar-refractivity contribution in [1.29, 1.82) is 0 Å². The van der Waals surface area contributed by atoms with Crippen LogP contribution in [0.2, 0.25) is 0 Å². The number of hydrogen-bond donors (Lipinski definition) is 0. The molecule has 0 aliphatic heterocycles. The van der Waals surface area contributed by atoms with E-state index in [-0.39, 0.29) is 0 Å². The van der Waals surface area contributed by atoms with Crippen molar-refractivity contribution in [1.82, 2.24) is 4.98 Å². The van der Waals surface area contributed by atoms with Gasteiger partial charge in [-0.1, -0.05) is 42.5 Å². The molecular weight excluding hydrogens is 319 g/mol. The molecule has 4 rings (SSSR count). The van der Waals surface area contributed by atoms with Crippen LogP contribution >= 0.6 is 11.3 Å². The van der Waals surface area contributed by atoms with Crippen LogP contribution in [0.5, 0.6) is 0 Å². The Morgan fingerprint density at radius 3 is 2.30 bits per heavy atom. The Hall–Kier alpha value is -2.40. The zero-order chi connectivity index (χ0) is 16.0. The molecule has 0 unspecified atom stereocenters. The number of hydrogen-bond acceptors (Lipinski definition) is 2. The summed E-state index contributed by atoms with van der Waals surface area (Å²) in [6.45, 7) is 0. The molecule has 1 nitrogen and oxygen atoms in total. The van der Waals surface area contributed by atoms with Gasteiger partial charge in [0.05, 0.1) is 15.8 Å². The Kier molecular flexibility index (Phi) is 3.13. The maximum absolute atomic E-state index is 12.7. The molecule has 114 valence electrons. The molecule has 0 N–H and O–H groups in total. The first-order valence-corrected chi connectivity index (χ1v) is 7.80. The molecule has 0 radical (unpaired) electrons. The molecule has 1 aromatic heterocycles. The maximum Gasteiger partial charge on any atom is 0.416 e. The maximum atomic E-state index is 12.7. The lowest BCUT2D eigenvalue weighted by atomic mass is 10.1. The van der Waals surface area contributed by atoms with Crippen molar-refractivity contribution < 1.29 is 13.2 Å². The van der Waals surface area contributed by atoms with E-state index in [2.05, 4.69) is 4.98 Å². The van der Waals surface area contributed by atoms with Crippen molar-refractivity contribution in [2.75, 3.05) is 0 Å². The fourth-order valence-corrected chi connectivity index (χ4v) is 3.69. The molecule has 4 aromatic rings. The van der Waals surface area contributed by atoms with E-state index in [4.69, 9.17) is 0 Å². The van der Waals surface area contributed by atoms with Crippen molar-refractivity contribution in [3.05, 3.63) is 66.2 Å². The summed E-state index contributed by atoms with van der Waals surface area (Å²) in [5.41, 5.74) is 0.916. The van der Waals surface area contributed by atoms with Gasteiger partial charge in [0, 0.05) is 10.9 Å². The van der Waals surface area contributed by atoms with Gasteiger partial charge >= 0.3 is 6.18 Å². The molecule has 0 spiro atoms. The van der Waals surface area contributed by atoms with Gasteiger partial charge in [0.1, 0.15) is 5.01 Å². The largest absolute Gasteiger partial charge is 0.416 e. The Bertz CT molecular complexity index is 1000. The molecule has 23 heavy (non-hydrogen) atoms. The summed E-state index contributed by atoms with van der Waals surface area (Å²) in [4.78, 5) is 4.56. The monoisotopic (exact) mass is 329 g/mol. The molecule has 0 fully saturated rings. The van der Waals surface area contributed by atoms with Gasteiger partial charge in [0.25, 0.3) is 0 Å². The van der Waals surface area contributed by atoms with E-state index in [0.717, 1.165) is 38.1 Å². The second kappa shape index (κ2) is 5.06. The minimum Gasteiger partial charge on any atom is -0.236 e. The van der Waals surface area contributed by atoms with E-state index in [1.165, 1.54) is 23.5 Å². The van der Waals surface area contributed by atoms with Crippen LogP contribution in [0.25, 0.3) is 31.6 Å². The summed E-state index contributed by atoms with van der Waals surface area (Å²) in [6.07, 6.45) is -4.32. The van der Waals surface area contributed by atoms with Crippen LogP contribution in [0, 0.1) is 0 Å². The number of fused-ring (bicyclic) bond motifs is 3. The van der Waals surface area contributed by atoms with Crippen molar-refractivity contribution >= 4 is 32.3 Å². The number of aromatic nitrogens is 1. The Morgan fingerprint density at radius 1 is 0.826 bits per heavy atom. The van der Waals surface area contributed by atoms with Gasteiger partial charge < -0.3 is 0 Å². The van der Waals surface area contributed by atoms with Gasteiger partial charge in [-0.15, -0.1) is 11.3 Å². The quantitative estimate of drug-likeness (QED) is 0.409. The van der Waals surface area contributed by atoms with E-state index in [1.54, 1.807) is 0 Å². The fraction of sp³-hybridized carbons (Fsp3) is 0.0556. The summed E-state index contributed by atoms with van der Waals surface area (Å²) >= 11 is 1.50. The zero-order valence-electron chi connectivity index (χ0n) is 11.8. The first-order valence-electron chi connectivity index (χ1n) is 6.98. The molecule has 0 amide bonds. The first-order chi connectivity index (χ1) is 11.0. The summed E-state index contributed by atoms with van der Waals surface area (Å²) in [5.74, 6) is 0.